The van der Waals surface area contributed by atoms with Gasteiger partial charge in [-0.2, -0.15) is 0 Å². The molecule has 0 fully saturated rings. The fraction of sp³-hybridized carbons (Fsp3) is 0.556. The molecule has 0 aliphatic rings. The van der Waals surface area contributed by atoms with Crippen LogP contribution in [0.3, 0.4) is 0 Å². The fourth-order valence-electron chi connectivity index (χ4n) is 1.14. The summed E-state index contributed by atoms with van der Waals surface area (Å²) in [5, 5.41) is 11.7. The molecule has 4 nitrogen and oxygen atoms in total. The van der Waals surface area contributed by atoms with Crippen LogP contribution in [0.2, 0.25) is 0 Å². The van der Waals surface area contributed by atoms with Crippen molar-refractivity contribution in [3.63, 3.8) is 0 Å². The van der Waals surface area contributed by atoms with Crippen LogP contribution in [-0.2, 0) is 0 Å². The second-order valence-corrected chi connectivity index (χ2v) is 4.35. The number of amides is 1. The summed E-state index contributed by atoms with van der Waals surface area (Å²) in [6, 6.07) is 0. The summed E-state index contributed by atoms with van der Waals surface area (Å²) >= 11 is 1.45. The lowest BCUT2D eigenvalue weighted by atomic mass is 10.3. The lowest BCUT2D eigenvalue weighted by molar-refractivity contribution is 0.0699. The van der Waals surface area contributed by atoms with E-state index in [0.29, 0.717) is 12.2 Å². The summed E-state index contributed by atoms with van der Waals surface area (Å²) in [6.45, 7) is 3.83. The van der Waals surface area contributed by atoms with Crippen LogP contribution in [0.1, 0.15) is 22.4 Å². The first kappa shape index (κ1) is 11.1. The van der Waals surface area contributed by atoms with Crippen molar-refractivity contribution in [3.8, 4) is 0 Å². The number of aliphatic hydroxyl groups is 1. The molecular weight excluding hydrogens is 200 g/mol. The number of hydrogen-bond donors (Lipinski definition) is 1. The molecule has 0 aliphatic heterocycles. The molecule has 1 N–H and O–H groups in total. The predicted octanol–water partition coefficient (Wildman–Crippen LogP) is 0.904. The number of aliphatic hydroxyl groups excluding tert-OH is 1. The molecule has 5 heteroatoms. The van der Waals surface area contributed by atoms with E-state index in [1.165, 1.54) is 16.2 Å². The minimum atomic E-state index is -0.510. The van der Waals surface area contributed by atoms with Gasteiger partial charge in [0.15, 0.2) is 0 Å². The van der Waals surface area contributed by atoms with Crippen molar-refractivity contribution < 1.29 is 9.90 Å². The minimum Gasteiger partial charge on any atom is -0.392 e. The molecule has 0 aliphatic carbocycles. The second-order valence-electron chi connectivity index (χ2n) is 3.29. The maximum Gasteiger partial charge on any atom is 0.273 e. The summed E-state index contributed by atoms with van der Waals surface area (Å²) in [4.78, 5) is 17.2. The van der Waals surface area contributed by atoms with E-state index in [4.69, 9.17) is 5.11 Å². The van der Waals surface area contributed by atoms with Gasteiger partial charge in [0, 0.05) is 19.0 Å². The topological polar surface area (TPSA) is 53.4 Å². The zero-order chi connectivity index (χ0) is 10.7. The normalized spacial score (nSPS) is 12.6. The van der Waals surface area contributed by atoms with Crippen LogP contribution in [0, 0.1) is 6.92 Å². The maximum atomic E-state index is 11.7. The average Bonchev–Trinajstić information content (AvgIpc) is 2.49. The molecule has 14 heavy (non-hydrogen) atoms. The average molecular weight is 214 g/mol. The zero-order valence-electron chi connectivity index (χ0n) is 8.52. The van der Waals surface area contributed by atoms with E-state index in [9.17, 15) is 4.79 Å². The molecule has 1 amide bonds. The number of aromatic nitrogens is 1. The first-order chi connectivity index (χ1) is 6.50. The molecule has 1 heterocycles. The number of carbonyl (C=O) groups excluding carboxylic acids is 1. The largest absolute Gasteiger partial charge is 0.392 e. The second kappa shape index (κ2) is 4.52. The number of aryl methyl sites for hydroxylation is 1. The lowest BCUT2D eigenvalue weighted by Gasteiger charge is -2.17. The fourth-order valence-corrected chi connectivity index (χ4v) is 1.72. The third-order valence-corrected chi connectivity index (χ3v) is 2.50. The van der Waals surface area contributed by atoms with Crippen LogP contribution >= 0.6 is 11.3 Å². The van der Waals surface area contributed by atoms with Crippen LogP contribution in [0.5, 0.6) is 0 Å². The van der Waals surface area contributed by atoms with Gasteiger partial charge in [-0.1, -0.05) is 0 Å². The van der Waals surface area contributed by atoms with Crippen molar-refractivity contribution in [2.75, 3.05) is 13.6 Å². The molecule has 0 radical (unpaired) electrons. The SMILES string of the molecule is Cc1nc(C(=O)N(C)CC(C)O)cs1. The van der Waals surface area contributed by atoms with Crippen molar-refractivity contribution in [1.29, 1.82) is 0 Å². The highest BCUT2D eigenvalue weighted by Crippen LogP contribution is 2.09. The summed E-state index contributed by atoms with van der Waals surface area (Å²) in [6.07, 6.45) is -0.510. The Kier molecular flexibility index (Phi) is 3.60. The molecule has 0 aromatic carbocycles. The molecule has 0 bridgehead atoms. The number of carbonyl (C=O) groups is 1. The summed E-state index contributed by atoms with van der Waals surface area (Å²) in [5.41, 5.74) is 0.454. The van der Waals surface area contributed by atoms with E-state index in [0.717, 1.165) is 5.01 Å². The van der Waals surface area contributed by atoms with Crippen molar-refractivity contribution >= 4 is 17.2 Å². The highest BCUT2D eigenvalue weighted by Gasteiger charge is 2.15. The molecule has 1 aromatic heterocycles. The van der Waals surface area contributed by atoms with E-state index in [2.05, 4.69) is 4.98 Å². The Hall–Kier alpha value is -0.940. The number of nitrogens with zero attached hydrogens (tertiary/aromatic N) is 2. The van der Waals surface area contributed by atoms with Gasteiger partial charge in [-0.25, -0.2) is 4.98 Å². The zero-order valence-corrected chi connectivity index (χ0v) is 9.34. The van der Waals surface area contributed by atoms with Gasteiger partial charge in [-0.15, -0.1) is 11.3 Å². The van der Waals surface area contributed by atoms with Crippen molar-refractivity contribution in [1.82, 2.24) is 9.88 Å². The molecule has 1 aromatic rings. The van der Waals surface area contributed by atoms with Gasteiger partial charge in [0.05, 0.1) is 11.1 Å². The summed E-state index contributed by atoms with van der Waals surface area (Å²) < 4.78 is 0. The quantitative estimate of drug-likeness (QED) is 0.813. The van der Waals surface area contributed by atoms with Crippen LogP contribution in [-0.4, -0.2) is 40.6 Å². The van der Waals surface area contributed by atoms with Gasteiger partial charge < -0.3 is 10.0 Å². The molecule has 1 atom stereocenters. The molecule has 1 unspecified atom stereocenters. The molecule has 0 saturated heterocycles. The van der Waals surface area contributed by atoms with Crippen molar-refractivity contribution in [3.05, 3.63) is 16.1 Å². The van der Waals surface area contributed by atoms with Crippen LogP contribution in [0.4, 0.5) is 0 Å². The monoisotopic (exact) mass is 214 g/mol. The predicted molar refractivity (Wildman–Crippen MR) is 55.5 cm³/mol. The Morgan fingerprint density at radius 3 is 2.86 bits per heavy atom. The Balaban J connectivity index is 2.65. The molecule has 0 spiro atoms. The highest BCUT2D eigenvalue weighted by molar-refractivity contribution is 7.09. The van der Waals surface area contributed by atoms with Crippen molar-refractivity contribution in [2.24, 2.45) is 0 Å². The van der Waals surface area contributed by atoms with Crippen LogP contribution in [0.15, 0.2) is 5.38 Å². The third kappa shape index (κ3) is 2.78. The Morgan fingerprint density at radius 1 is 1.79 bits per heavy atom. The molecule has 0 saturated carbocycles. The van der Waals surface area contributed by atoms with Gasteiger partial charge >= 0.3 is 0 Å². The number of likely N-dealkylation sites (N-methyl/N-ethyl adjacent to an activating group) is 1. The number of rotatable bonds is 3. The van der Waals surface area contributed by atoms with Gasteiger partial charge in [0.25, 0.3) is 5.91 Å². The van der Waals surface area contributed by atoms with E-state index in [-0.39, 0.29) is 5.91 Å². The smallest absolute Gasteiger partial charge is 0.273 e. The van der Waals surface area contributed by atoms with Gasteiger partial charge in [-0.3, -0.25) is 4.79 Å². The third-order valence-electron chi connectivity index (χ3n) is 1.72. The van der Waals surface area contributed by atoms with E-state index in [1.54, 1.807) is 19.4 Å². The van der Waals surface area contributed by atoms with Crippen molar-refractivity contribution in [2.45, 2.75) is 20.0 Å². The first-order valence-corrected chi connectivity index (χ1v) is 5.24. The summed E-state index contributed by atoms with van der Waals surface area (Å²) in [5.74, 6) is -0.143. The minimum absolute atomic E-state index is 0.143. The number of hydrogen-bond acceptors (Lipinski definition) is 4. The summed E-state index contributed by atoms with van der Waals surface area (Å²) in [7, 11) is 1.66. The van der Waals surface area contributed by atoms with Crippen LogP contribution < -0.4 is 0 Å². The number of thiazole rings is 1. The van der Waals surface area contributed by atoms with Gasteiger partial charge in [-0.05, 0) is 13.8 Å². The molecular formula is C9H14N2O2S. The Morgan fingerprint density at radius 2 is 2.43 bits per heavy atom. The standard InChI is InChI=1S/C9H14N2O2S/c1-6(12)4-11(3)9(13)8-5-14-7(2)10-8/h5-6,12H,4H2,1-3H3. The van der Waals surface area contributed by atoms with Crippen LogP contribution in [0.25, 0.3) is 0 Å². The van der Waals surface area contributed by atoms with E-state index < -0.39 is 6.10 Å². The Bertz CT molecular complexity index is 322. The lowest BCUT2D eigenvalue weighted by Crippen LogP contribution is -2.33. The van der Waals surface area contributed by atoms with E-state index >= 15 is 0 Å². The maximum absolute atomic E-state index is 11.7. The van der Waals surface area contributed by atoms with Gasteiger partial charge in [0.2, 0.25) is 0 Å². The van der Waals surface area contributed by atoms with E-state index in [1.807, 2.05) is 6.92 Å². The van der Waals surface area contributed by atoms with Gasteiger partial charge in [0.1, 0.15) is 5.69 Å². The molecule has 78 valence electrons. The Labute approximate surface area is 87.2 Å². The molecule has 1 rings (SSSR count). The highest BCUT2D eigenvalue weighted by atomic mass is 32.1. The first-order valence-electron chi connectivity index (χ1n) is 4.36.